The Hall–Kier alpha value is -3.85. The Morgan fingerprint density at radius 2 is 1.79 bits per heavy atom. The van der Waals surface area contributed by atoms with Crippen molar-refractivity contribution in [3.63, 3.8) is 0 Å². The maximum absolute atomic E-state index is 12.7. The third kappa shape index (κ3) is 6.11. The number of benzene rings is 2. The normalized spacial score (nSPS) is 11.3. The van der Waals surface area contributed by atoms with Gasteiger partial charge in [0.15, 0.2) is 5.13 Å². The first-order chi connectivity index (χ1) is 15.9. The van der Waals surface area contributed by atoms with E-state index in [1.807, 2.05) is 30.3 Å². The molecule has 1 unspecified atom stereocenters. The van der Waals surface area contributed by atoms with Crippen molar-refractivity contribution < 1.29 is 19.1 Å². The van der Waals surface area contributed by atoms with Crippen molar-refractivity contribution in [1.29, 1.82) is 5.41 Å². The highest BCUT2D eigenvalue weighted by Gasteiger charge is 2.28. The number of nitrogens with one attached hydrogen (secondary N) is 3. The van der Waals surface area contributed by atoms with E-state index in [0.29, 0.717) is 16.4 Å². The molecule has 0 aliphatic heterocycles. The molecule has 1 atom stereocenters. The van der Waals surface area contributed by atoms with E-state index < -0.39 is 23.5 Å². The number of carbonyl (C=O) groups excluding carboxylic acids is 3. The molecule has 1 aromatic heterocycles. The van der Waals surface area contributed by atoms with Crippen LogP contribution in [0.15, 0.2) is 60.0 Å². The molecular weight excluding hydrogens is 440 g/mol. The fraction of sp³-hybridized carbons (Fsp3) is 0.208. The highest BCUT2D eigenvalue weighted by Crippen LogP contribution is 2.26. The molecule has 0 fully saturated rings. The van der Waals surface area contributed by atoms with Gasteiger partial charge in [0.25, 0.3) is 5.91 Å². The molecule has 170 valence electrons. The fourth-order valence-electron chi connectivity index (χ4n) is 3.06. The standard InChI is InChI=1S/C24H24N4O4S/c1-3-18(20(25)23(31)32-13-15-7-5-4-6-8-15)22(30)28-24-27-19(14-33-24)16-9-11-17(12-10-16)21(29)26-2/h4-12,14,18,25H,3,13H2,1-2H3,(H,26,29)(H,27,28,30). The number of thiazole rings is 1. The summed E-state index contributed by atoms with van der Waals surface area (Å²) in [6.07, 6.45) is 0.268. The van der Waals surface area contributed by atoms with Crippen LogP contribution >= 0.6 is 11.3 Å². The molecule has 0 saturated carbocycles. The molecule has 0 aliphatic carbocycles. The van der Waals surface area contributed by atoms with Crippen LogP contribution in [0, 0.1) is 11.3 Å². The lowest BCUT2D eigenvalue weighted by Crippen LogP contribution is -2.34. The number of ether oxygens (including phenoxy) is 1. The quantitative estimate of drug-likeness (QED) is 0.328. The average molecular weight is 465 g/mol. The van der Waals surface area contributed by atoms with E-state index in [1.54, 1.807) is 43.6 Å². The molecule has 33 heavy (non-hydrogen) atoms. The van der Waals surface area contributed by atoms with Gasteiger partial charge in [0.1, 0.15) is 12.3 Å². The van der Waals surface area contributed by atoms with E-state index in [9.17, 15) is 14.4 Å². The van der Waals surface area contributed by atoms with Crippen molar-refractivity contribution in [2.24, 2.45) is 5.92 Å². The second kappa shape index (κ2) is 11.1. The summed E-state index contributed by atoms with van der Waals surface area (Å²) in [6, 6.07) is 16.1. The van der Waals surface area contributed by atoms with Crippen LogP contribution in [0.1, 0.15) is 29.3 Å². The fourth-order valence-corrected chi connectivity index (χ4v) is 3.78. The molecule has 1 heterocycles. The van der Waals surface area contributed by atoms with Crippen molar-refractivity contribution in [2.75, 3.05) is 12.4 Å². The van der Waals surface area contributed by atoms with Gasteiger partial charge in [0, 0.05) is 23.6 Å². The summed E-state index contributed by atoms with van der Waals surface area (Å²) in [5, 5.41) is 15.5. The Kier molecular flexibility index (Phi) is 8.04. The molecule has 3 rings (SSSR count). The second-order valence-corrected chi connectivity index (χ2v) is 7.98. The second-order valence-electron chi connectivity index (χ2n) is 7.12. The Morgan fingerprint density at radius 3 is 2.42 bits per heavy atom. The summed E-state index contributed by atoms with van der Waals surface area (Å²) in [6.45, 7) is 1.76. The van der Waals surface area contributed by atoms with Crippen LogP contribution in [0.2, 0.25) is 0 Å². The van der Waals surface area contributed by atoms with Crippen LogP contribution in [-0.4, -0.2) is 35.5 Å². The van der Waals surface area contributed by atoms with Gasteiger partial charge in [-0.05, 0) is 24.1 Å². The summed E-state index contributed by atoms with van der Waals surface area (Å²) in [5.41, 5.74) is 2.38. The molecule has 0 spiro atoms. The average Bonchev–Trinajstić information content (AvgIpc) is 3.31. The number of amides is 2. The lowest BCUT2D eigenvalue weighted by atomic mass is 9.99. The van der Waals surface area contributed by atoms with Gasteiger partial charge in [-0.25, -0.2) is 9.78 Å². The SMILES string of the molecule is CCC(C(=N)C(=O)OCc1ccccc1)C(=O)Nc1nc(-c2ccc(C(=O)NC)cc2)cs1. The largest absolute Gasteiger partial charge is 0.456 e. The lowest BCUT2D eigenvalue weighted by molar-refractivity contribution is -0.137. The van der Waals surface area contributed by atoms with E-state index in [2.05, 4.69) is 15.6 Å². The highest BCUT2D eigenvalue weighted by atomic mass is 32.1. The number of esters is 1. The summed E-state index contributed by atoms with van der Waals surface area (Å²) in [7, 11) is 1.57. The molecular formula is C24H24N4O4S. The number of carbonyl (C=O) groups is 3. The van der Waals surface area contributed by atoms with Gasteiger partial charge in [0.05, 0.1) is 11.6 Å². The van der Waals surface area contributed by atoms with Crippen LogP contribution < -0.4 is 10.6 Å². The Morgan fingerprint density at radius 1 is 1.09 bits per heavy atom. The maximum Gasteiger partial charge on any atom is 0.353 e. The number of hydrogen-bond donors (Lipinski definition) is 3. The topological polar surface area (TPSA) is 121 Å². The molecule has 0 saturated heterocycles. The Labute approximate surface area is 195 Å². The first kappa shape index (κ1) is 23.8. The van der Waals surface area contributed by atoms with Crippen molar-refractivity contribution in [3.8, 4) is 11.3 Å². The molecule has 3 N–H and O–H groups in total. The summed E-state index contributed by atoms with van der Waals surface area (Å²) in [4.78, 5) is 41.1. The van der Waals surface area contributed by atoms with Crippen molar-refractivity contribution >= 4 is 40.0 Å². The van der Waals surface area contributed by atoms with Gasteiger partial charge in [-0.15, -0.1) is 11.3 Å². The summed E-state index contributed by atoms with van der Waals surface area (Å²) >= 11 is 1.23. The molecule has 2 aromatic carbocycles. The molecule has 0 radical (unpaired) electrons. The van der Waals surface area contributed by atoms with Gasteiger partial charge in [-0.3, -0.25) is 15.0 Å². The number of rotatable bonds is 9. The number of nitrogens with zero attached hydrogens (tertiary/aromatic N) is 1. The third-order valence-corrected chi connectivity index (χ3v) is 5.67. The highest BCUT2D eigenvalue weighted by molar-refractivity contribution is 7.14. The first-order valence-electron chi connectivity index (χ1n) is 10.3. The lowest BCUT2D eigenvalue weighted by Gasteiger charge is -2.14. The van der Waals surface area contributed by atoms with Gasteiger partial charge < -0.3 is 15.4 Å². The summed E-state index contributed by atoms with van der Waals surface area (Å²) in [5.74, 6) is -2.44. The minimum absolute atomic E-state index is 0.0364. The molecule has 3 aromatic rings. The van der Waals surface area contributed by atoms with Crippen LogP contribution in [0.5, 0.6) is 0 Å². The van der Waals surface area contributed by atoms with Gasteiger partial charge in [-0.1, -0.05) is 49.4 Å². The van der Waals surface area contributed by atoms with E-state index >= 15 is 0 Å². The van der Waals surface area contributed by atoms with E-state index in [4.69, 9.17) is 10.1 Å². The predicted octanol–water partition coefficient (Wildman–Crippen LogP) is 3.90. The minimum Gasteiger partial charge on any atom is -0.456 e. The zero-order valence-electron chi connectivity index (χ0n) is 18.3. The Bertz CT molecular complexity index is 1140. The number of aromatic nitrogens is 1. The van der Waals surface area contributed by atoms with Gasteiger partial charge >= 0.3 is 5.97 Å². The number of hydrogen-bond acceptors (Lipinski definition) is 7. The monoisotopic (exact) mass is 464 g/mol. The Balaban J connectivity index is 1.61. The van der Waals surface area contributed by atoms with Crippen LogP contribution in [0.4, 0.5) is 5.13 Å². The van der Waals surface area contributed by atoms with Crippen LogP contribution in [0.25, 0.3) is 11.3 Å². The predicted molar refractivity (Wildman–Crippen MR) is 127 cm³/mol. The smallest absolute Gasteiger partial charge is 0.353 e. The van der Waals surface area contributed by atoms with Gasteiger partial charge in [-0.2, -0.15) is 0 Å². The first-order valence-corrected chi connectivity index (χ1v) is 11.2. The molecule has 8 nitrogen and oxygen atoms in total. The van der Waals surface area contributed by atoms with Crippen molar-refractivity contribution in [2.45, 2.75) is 20.0 Å². The molecule has 0 bridgehead atoms. The summed E-state index contributed by atoms with van der Waals surface area (Å²) < 4.78 is 5.18. The van der Waals surface area contributed by atoms with Crippen LogP contribution in [-0.2, 0) is 20.9 Å². The van der Waals surface area contributed by atoms with Crippen molar-refractivity contribution in [1.82, 2.24) is 10.3 Å². The molecule has 2 amide bonds. The van der Waals surface area contributed by atoms with Gasteiger partial charge in [0.2, 0.25) is 5.91 Å². The molecule has 0 aliphatic rings. The van der Waals surface area contributed by atoms with E-state index in [0.717, 1.165) is 11.1 Å². The minimum atomic E-state index is -0.951. The third-order valence-electron chi connectivity index (χ3n) is 4.91. The molecule has 9 heteroatoms. The van der Waals surface area contributed by atoms with E-state index in [1.165, 1.54) is 11.3 Å². The zero-order chi connectivity index (χ0) is 23.8. The van der Waals surface area contributed by atoms with Crippen LogP contribution in [0.3, 0.4) is 0 Å². The van der Waals surface area contributed by atoms with E-state index in [-0.39, 0.29) is 18.9 Å². The zero-order valence-corrected chi connectivity index (χ0v) is 19.1. The number of anilines is 1. The maximum atomic E-state index is 12.7. The van der Waals surface area contributed by atoms with Crippen molar-refractivity contribution in [3.05, 3.63) is 71.1 Å².